The molecule has 0 saturated heterocycles. The quantitative estimate of drug-likeness (QED) is 0.466. The molecule has 0 unspecified atom stereocenters. The fourth-order valence-corrected chi connectivity index (χ4v) is 2.77. The van der Waals surface area contributed by atoms with Crippen molar-refractivity contribution in [3.05, 3.63) is 51.8 Å². The number of rotatable bonds is 5. The van der Waals surface area contributed by atoms with Crippen LogP contribution in [0.4, 0.5) is 0 Å². The van der Waals surface area contributed by atoms with E-state index in [-0.39, 0.29) is 18.1 Å². The number of cyclic esters (lactones) is 1. The van der Waals surface area contributed by atoms with Crippen LogP contribution in [0.25, 0.3) is 6.08 Å². The molecule has 1 aromatic heterocycles. The van der Waals surface area contributed by atoms with E-state index in [0.717, 1.165) is 4.88 Å². The molecule has 1 aliphatic heterocycles. The molecule has 0 bridgehead atoms. The van der Waals surface area contributed by atoms with E-state index in [1.54, 1.807) is 31.2 Å². The Morgan fingerprint density at radius 1 is 1.32 bits per heavy atom. The van der Waals surface area contributed by atoms with Gasteiger partial charge in [0.1, 0.15) is 0 Å². The van der Waals surface area contributed by atoms with Crippen LogP contribution in [0.2, 0.25) is 0 Å². The molecule has 0 spiro atoms. The maximum atomic E-state index is 12.0. The van der Waals surface area contributed by atoms with Gasteiger partial charge in [0.05, 0.1) is 12.0 Å². The number of thiophene rings is 1. The van der Waals surface area contributed by atoms with Crippen LogP contribution < -0.4 is 9.47 Å². The summed E-state index contributed by atoms with van der Waals surface area (Å²) in [6.07, 6.45) is 1.86. The monoisotopic (exact) mass is 357 g/mol. The number of carbonyl (C=O) groups excluding carboxylic acids is 2. The molecule has 0 fully saturated rings. The molecule has 0 atom stereocenters. The van der Waals surface area contributed by atoms with Gasteiger partial charge in [0.2, 0.25) is 5.90 Å². The number of esters is 2. The topological polar surface area (TPSA) is 74.2 Å². The molecule has 3 rings (SSSR count). The normalized spacial score (nSPS) is 15.0. The van der Waals surface area contributed by atoms with E-state index < -0.39 is 5.97 Å². The molecule has 7 heteroatoms. The van der Waals surface area contributed by atoms with Crippen LogP contribution in [0.5, 0.6) is 11.5 Å². The summed E-state index contributed by atoms with van der Waals surface area (Å²) in [6, 6.07) is 8.68. The predicted molar refractivity (Wildman–Crippen MR) is 93.8 cm³/mol. The van der Waals surface area contributed by atoms with Crippen LogP contribution in [0, 0.1) is 0 Å². The van der Waals surface area contributed by atoms with Gasteiger partial charge < -0.3 is 14.2 Å². The fourth-order valence-electron chi connectivity index (χ4n) is 2.13. The van der Waals surface area contributed by atoms with E-state index in [1.807, 2.05) is 17.5 Å². The largest absolute Gasteiger partial charge is 0.493 e. The lowest BCUT2D eigenvalue weighted by molar-refractivity contribution is -0.134. The Kier molecular flexibility index (Phi) is 4.95. The summed E-state index contributed by atoms with van der Waals surface area (Å²) < 4.78 is 15.6. The Morgan fingerprint density at radius 3 is 2.84 bits per heavy atom. The van der Waals surface area contributed by atoms with E-state index >= 15 is 0 Å². The maximum Gasteiger partial charge on any atom is 0.363 e. The molecule has 6 nitrogen and oxygen atoms in total. The predicted octanol–water partition coefficient (Wildman–Crippen LogP) is 3.42. The van der Waals surface area contributed by atoms with Crippen molar-refractivity contribution in [2.45, 2.75) is 13.3 Å². The van der Waals surface area contributed by atoms with Gasteiger partial charge >= 0.3 is 11.9 Å². The number of hydrogen-bond acceptors (Lipinski definition) is 7. The van der Waals surface area contributed by atoms with E-state index in [2.05, 4.69) is 4.99 Å². The Morgan fingerprint density at radius 2 is 2.16 bits per heavy atom. The minimum atomic E-state index is -0.510. The summed E-state index contributed by atoms with van der Waals surface area (Å²) in [5, 5.41) is 1.88. The van der Waals surface area contributed by atoms with Crippen LogP contribution in [0.3, 0.4) is 0 Å². The Bertz CT molecular complexity index is 868. The lowest BCUT2D eigenvalue weighted by Gasteiger charge is -2.09. The van der Waals surface area contributed by atoms with E-state index in [9.17, 15) is 9.59 Å². The standard InChI is InChI=1S/C18H15NO5S/c1-3-16(20)23-13-7-6-11(10-14(13)22-2)9-12-18(21)24-17(19-12)15-5-4-8-25-15/h4-10H,3H2,1-2H3. The second-order valence-corrected chi connectivity index (χ2v) is 6.00. The first kappa shape index (κ1) is 16.9. The van der Waals surface area contributed by atoms with Crippen molar-refractivity contribution in [1.82, 2.24) is 0 Å². The number of benzene rings is 1. The summed E-state index contributed by atoms with van der Waals surface area (Å²) in [4.78, 5) is 28.5. The molecule has 0 saturated carbocycles. The van der Waals surface area contributed by atoms with E-state index in [0.29, 0.717) is 23.0 Å². The SMILES string of the molecule is CCC(=O)Oc1ccc(C=C2N=C(c3cccs3)OC2=O)cc1OC. The molecular weight excluding hydrogens is 342 g/mol. The van der Waals surface area contributed by atoms with Crippen LogP contribution >= 0.6 is 11.3 Å². The van der Waals surface area contributed by atoms with Crippen molar-refractivity contribution in [2.24, 2.45) is 4.99 Å². The van der Waals surface area contributed by atoms with Crippen molar-refractivity contribution in [2.75, 3.05) is 7.11 Å². The Labute approximate surface area is 148 Å². The first-order chi connectivity index (χ1) is 12.1. The van der Waals surface area contributed by atoms with Gasteiger partial charge in [0, 0.05) is 6.42 Å². The van der Waals surface area contributed by atoms with Crippen molar-refractivity contribution >= 4 is 35.2 Å². The summed E-state index contributed by atoms with van der Waals surface area (Å²) in [5.41, 5.74) is 0.875. The molecule has 128 valence electrons. The molecule has 2 aromatic rings. The van der Waals surface area contributed by atoms with Crippen molar-refractivity contribution < 1.29 is 23.8 Å². The first-order valence-electron chi connectivity index (χ1n) is 7.56. The van der Waals surface area contributed by atoms with E-state index in [1.165, 1.54) is 18.4 Å². The van der Waals surface area contributed by atoms with Crippen LogP contribution in [-0.2, 0) is 14.3 Å². The average molecular weight is 357 g/mol. The minimum Gasteiger partial charge on any atom is -0.493 e. The van der Waals surface area contributed by atoms with E-state index in [4.69, 9.17) is 14.2 Å². The van der Waals surface area contributed by atoms with Crippen molar-refractivity contribution in [3.8, 4) is 11.5 Å². The van der Waals surface area contributed by atoms with Gasteiger partial charge in [0.15, 0.2) is 17.2 Å². The highest BCUT2D eigenvalue weighted by atomic mass is 32.1. The van der Waals surface area contributed by atoms with Gasteiger partial charge in [-0.05, 0) is 35.2 Å². The Hall–Kier alpha value is -2.93. The van der Waals surface area contributed by atoms with Gasteiger partial charge in [-0.1, -0.05) is 19.1 Å². The van der Waals surface area contributed by atoms with Gasteiger partial charge in [0.25, 0.3) is 0 Å². The van der Waals surface area contributed by atoms with Gasteiger partial charge in [-0.2, -0.15) is 0 Å². The number of carbonyl (C=O) groups is 2. The lowest BCUT2D eigenvalue weighted by Crippen LogP contribution is -2.06. The minimum absolute atomic E-state index is 0.198. The summed E-state index contributed by atoms with van der Waals surface area (Å²) in [7, 11) is 1.48. The van der Waals surface area contributed by atoms with Crippen molar-refractivity contribution in [1.29, 1.82) is 0 Å². The second-order valence-electron chi connectivity index (χ2n) is 5.05. The molecule has 1 aromatic carbocycles. The van der Waals surface area contributed by atoms with Crippen molar-refractivity contribution in [3.63, 3.8) is 0 Å². The van der Waals surface area contributed by atoms with Gasteiger partial charge in [-0.25, -0.2) is 9.79 Å². The smallest absolute Gasteiger partial charge is 0.363 e. The maximum absolute atomic E-state index is 12.0. The molecule has 0 radical (unpaired) electrons. The molecule has 0 amide bonds. The zero-order valence-electron chi connectivity index (χ0n) is 13.6. The zero-order chi connectivity index (χ0) is 17.8. The average Bonchev–Trinajstić information content (AvgIpc) is 3.26. The molecule has 0 aliphatic carbocycles. The van der Waals surface area contributed by atoms with Crippen LogP contribution in [-0.4, -0.2) is 24.9 Å². The molecule has 1 aliphatic rings. The number of aliphatic imine (C=N–C) groups is 1. The third kappa shape index (κ3) is 3.77. The third-order valence-electron chi connectivity index (χ3n) is 3.36. The lowest BCUT2D eigenvalue weighted by atomic mass is 10.1. The summed E-state index contributed by atoms with van der Waals surface area (Å²) in [5.74, 6) is 0.155. The second kappa shape index (κ2) is 7.31. The number of methoxy groups -OCH3 is 1. The summed E-state index contributed by atoms with van der Waals surface area (Å²) >= 11 is 1.44. The number of nitrogens with zero attached hydrogens (tertiary/aromatic N) is 1. The number of ether oxygens (including phenoxy) is 3. The van der Waals surface area contributed by atoms with Crippen LogP contribution in [0.15, 0.2) is 46.4 Å². The molecule has 2 heterocycles. The first-order valence-corrected chi connectivity index (χ1v) is 8.44. The van der Waals surface area contributed by atoms with Gasteiger partial charge in [-0.3, -0.25) is 4.79 Å². The molecular formula is C18H15NO5S. The highest BCUT2D eigenvalue weighted by molar-refractivity contribution is 7.12. The van der Waals surface area contributed by atoms with Crippen LogP contribution in [0.1, 0.15) is 23.8 Å². The molecule has 25 heavy (non-hydrogen) atoms. The Balaban J connectivity index is 1.88. The fraction of sp³-hybridized carbons (Fsp3) is 0.167. The summed E-state index contributed by atoms with van der Waals surface area (Å²) in [6.45, 7) is 1.71. The zero-order valence-corrected chi connectivity index (χ0v) is 14.5. The molecule has 0 N–H and O–H groups in total. The highest BCUT2D eigenvalue weighted by Gasteiger charge is 2.24. The third-order valence-corrected chi connectivity index (χ3v) is 4.21. The van der Waals surface area contributed by atoms with Gasteiger partial charge in [-0.15, -0.1) is 11.3 Å². The number of hydrogen-bond donors (Lipinski definition) is 0. The highest BCUT2D eigenvalue weighted by Crippen LogP contribution is 2.30.